The molecule has 0 radical (unpaired) electrons. The molecule has 6 heteroatoms. The van der Waals surface area contributed by atoms with E-state index in [1.165, 1.54) is 12.3 Å². The predicted octanol–water partition coefficient (Wildman–Crippen LogP) is 1.22. The van der Waals surface area contributed by atoms with Crippen LogP contribution in [0.2, 0.25) is 5.02 Å². The molecule has 0 aliphatic heterocycles. The Morgan fingerprint density at radius 1 is 1.57 bits per heavy atom. The van der Waals surface area contributed by atoms with Crippen LogP contribution >= 0.6 is 11.6 Å². The molecule has 0 saturated carbocycles. The van der Waals surface area contributed by atoms with E-state index in [-0.39, 0.29) is 16.3 Å². The Balaban J connectivity index is 3.35. The second-order valence-corrected chi connectivity index (χ2v) is 2.72. The van der Waals surface area contributed by atoms with Crippen LogP contribution in [0.1, 0.15) is 20.8 Å². The molecule has 14 heavy (non-hydrogen) atoms. The van der Waals surface area contributed by atoms with Gasteiger partial charge >= 0.3 is 11.9 Å². The van der Waals surface area contributed by atoms with Crippen LogP contribution in [-0.4, -0.2) is 29.1 Å². The van der Waals surface area contributed by atoms with Crippen molar-refractivity contribution in [1.29, 1.82) is 0 Å². The first-order valence-electron chi connectivity index (χ1n) is 3.54. The predicted molar refractivity (Wildman–Crippen MR) is 47.5 cm³/mol. The number of halogens is 1. The number of pyridine rings is 1. The number of aromatic carboxylic acids is 1. The number of carboxylic acid groups (broad SMARTS) is 1. The number of methoxy groups -OCH3 is 1. The second-order valence-electron chi connectivity index (χ2n) is 2.31. The quantitative estimate of drug-likeness (QED) is 0.751. The number of ether oxygens (including phenoxy) is 1. The number of rotatable bonds is 2. The van der Waals surface area contributed by atoms with Crippen LogP contribution < -0.4 is 0 Å². The minimum atomic E-state index is -1.32. The number of hydrogen-bond donors (Lipinski definition) is 1. The van der Waals surface area contributed by atoms with E-state index in [0.717, 1.165) is 7.11 Å². The Kier molecular flexibility index (Phi) is 3.03. The zero-order chi connectivity index (χ0) is 10.7. The van der Waals surface area contributed by atoms with E-state index in [1.807, 2.05) is 0 Å². The summed E-state index contributed by atoms with van der Waals surface area (Å²) in [7, 11) is 1.14. The summed E-state index contributed by atoms with van der Waals surface area (Å²) in [5.41, 5.74) is -0.645. The molecule has 1 aromatic rings. The number of carboxylic acids is 1. The molecule has 5 nitrogen and oxygen atoms in total. The first kappa shape index (κ1) is 10.5. The molecule has 1 N–H and O–H groups in total. The van der Waals surface area contributed by atoms with E-state index >= 15 is 0 Å². The highest BCUT2D eigenvalue weighted by molar-refractivity contribution is 6.34. The van der Waals surface area contributed by atoms with Gasteiger partial charge < -0.3 is 9.84 Å². The van der Waals surface area contributed by atoms with Crippen molar-refractivity contribution in [2.75, 3.05) is 7.11 Å². The third kappa shape index (κ3) is 1.82. The Hall–Kier alpha value is -1.62. The van der Waals surface area contributed by atoms with Crippen molar-refractivity contribution in [3.8, 4) is 0 Å². The van der Waals surface area contributed by atoms with E-state index in [0.29, 0.717) is 0 Å². The molecule has 1 aromatic heterocycles. The molecule has 0 bridgehead atoms. The fourth-order valence-corrected chi connectivity index (χ4v) is 1.12. The van der Waals surface area contributed by atoms with Crippen LogP contribution in [0.3, 0.4) is 0 Å². The van der Waals surface area contributed by atoms with Crippen molar-refractivity contribution in [3.05, 3.63) is 28.5 Å². The molecule has 1 rings (SSSR count). The number of carbonyl (C=O) groups excluding carboxylic acids is 1. The van der Waals surface area contributed by atoms with Crippen LogP contribution in [-0.2, 0) is 4.74 Å². The lowest BCUT2D eigenvalue weighted by Crippen LogP contribution is -2.12. The Bertz CT molecular complexity index is 391. The van der Waals surface area contributed by atoms with Crippen LogP contribution in [0.5, 0.6) is 0 Å². The summed E-state index contributed by atoms with van der Waals surface area (Å²) >= 11 is 5.60. The molecule has 0 aliphatic rings. The Morgan fingerprint density at radius 3 is 2.71 bits per heavy atom. The molecule has 74 valence electrons. The summed E-state index contributed by atoms with van der Waals surface area (Å²) in [5.74, 6) is -2.14. The molecule has 0 aliphatic carbocycles. The highest BCUT2D eigenvalue weighted by atomic mass is 35.5. The summed E-state index contributed by atoms with van der Waals surface area (Å²) in [6.45, 7) is 0. The third-order valence-corrected chi connectivity index (χ3v) is 1.81. The number of aromatic nitrogens is 1. The Morgan fingerprint density at radius 2 is 2.21 bits per heavy atom. The molecule has 1 heterocycles. The lowest BCUT2D eigenvalue weighted by Gasteiger charge is -2.03. The van der Waals surface area contributed by atoms with Gasteiger partial charge in [0.05, 0.1) is 12.1 Å². The van der Waals surface area contributed by atoms with Crippen molar-refractivity contribution in [1.82, 2.24) is 4.98 Å². The molecule has 0 atom stereocenters. The SMILES string of the molecule is COC(=O)c1nccc(Cl)c1C(=O)O. The van der Waals surface area contributed by atoms with Crippen LogP contribution in [0.4, 0.5) is 0 Å². The maximum Gasteiger partial charge on any atom is 0.357 e. The van der Waals surface area contributed by atoms with Crippen LogP contribution in [0.25, 0.3) is 0 Å². The van der Waals surface area contributed by atoms with E-state index in [4.69, 9.17) is 16.7 Å². The number of hydrogen-bond acceptors (Lipinski definition) is 4. The topological polar surface area (TPSA) is 76.5 Å². The summed E-state index contributed by atoms with van der Waals surface area (Å²) in [6.07, 6.45) is 1.24. The maximum absolute atomic E-state index is 11.1. The normalized spacial score (nSPS) is 9.57. The van der Waals surface area contributed by atoms with Gasteiger partial charge in [-0.05, 0) is 6.07 Å². The van der Waals surface area contributed by atoms with Gasteiger partial charge in [-0.3, -0.25) is 0 Å². The average Bonchev–Trinajstić information content (AvgIpc) is 2.15. The van der Waals surface area contributed by atoms with Crippen molar-refractivity contribution in [3.63, 3.8) is 0 Å². The van der Waals surface area contributed by atoms with Crippen molar-refractivity contribution >= 4 is 23.5 Å². The first-order valence-corrected chi connectivity index (χ1v) is 3.91. The number of nitrogens with zero attached hydrogens (tertiary/aromatic N) is 1. The van der Waals surface area contributed by atoms with Gasteiger partial charge in [0.2, 0.25) is 0 Å². The maximum atomic E-state index is 11.1. The molecule has 0 unspecified atom stereocenters. The van der Waals surface area contributed by atoms with E-state index in [2.05, 4.69) is 9.72 Å². The van der Waals surface area contributed by atoms with E-state index < -0.39 is 11.9 Å². The monoisotopic (exact) mass is 215 g/mol. The first-order chi connectivity index (χ1) is 6.57. The molecular weight excluding hydrogens is 210 g/mol. The summed E-state index contributed by atoms with van der Waals surface area (Å²) in [4.78, 5) is 25.4. The molecular formula is C8H6ClNO4. The van der Waals surface area contributed by atoms with Crippen molar-refractivity contribution in [2.24, 2.45) is 0 Å². The minimum Gasteiger partial charge on any atom is -0.478 e. The zero-order valence-electron chi connectivity index (χ0n) is 7.15. The van der Waals surface area contributed by atoms with Gasteiger partial charge in [-0.25, -0.2) is 14.6 Å². The van der Waals surface area contributed by atoms with Crippen LogP contribution in [0.15, 0.2) is 12.3 Å². The summed E-state index contributed by atoms with van der Waals surface area (Å²) in [5, 5.41) is 8.71. The molecule has 0 saturated heterocycles. The lowest BCUT2D eigenvalue weighted by molar-refractivity contribution is 0.0575. The second kappa shape index (κ2) is 4.06. The standard InChI is InChI=1S/C8H6ClNO4/c1-14-8(13)6-5(7(11)12)4(9)2-3-10-6/h2-3H,1H3,(H,11,12). The highest BCUT2D eigenvalue weighted by Gasteiger charge is 2.21. The molecule has 0 amide bonds. The van der Waals surface area contributed by atoms with Crippen molar-refractivity contribution in [2.45, 2.75) is 0 Å². The molecule has 0 spiro atoms. The average molecular weight is 216 g/mol. The van der Waals surface area contributed by atoms with Crippen LogP contribution in [0, 0.1) is 0 Å². The van der Waals surface area contributed by atoms with Crippen molar-refractivity contribution < 1.29 is 19.4 Å². The fourth-order valence-electron chi connectivity index (χ4n) is 0.893. The summed E-state index contributed by atoms with van der Waals surface area (Å²) < 4.78 is 4.36. The third-order valence-electron chi connectivity index (χ3n) is 1.49. The van der Waals surface area contributed by atoms with Gasteiger partial charge in [-0.2, -0.15) is 0 Å². The Labute approximate surface area is 84.3 Å². The smallest absolute Gasteiger partial charge is 0.357 e. The molecule has 0 aromatic carbocycles. The largest absolute Gasteiger partial charge is 0.478 e. The number of esters is 1. The number of carbonyl (C=O) groups is 2. The highest BCUT2D eigenvalue weighted by Crippen LogP contribution is 2.18. The van der Waals surface area contributed by atoms with Gasteiger partial charge in [0.1, 0.15) is 5.56 Å². The fraction of sp³-hybridized carbons (Fsp3) is 0.125. The van der Waals surface area contributed by atoms with Gasteiger partial charge in [0.15, 0.2) is 5.69 Å². The van der Waals surface area contributed by atoms with E-state index in [1.54, 1.807) is 0 Å². The zero-order valence-corrected chi connectivity index (χ0v) is 7.91. The van der Waals surface area contributed by atoms with Gasteiger partial charge in [-0.1, -0.05) is 11.6 Å². The molecule has 0 fully saturated rings. The minimum absolute atomic E-state index is 0.0482. The summed E-state index contributed by atoms with van der Waals surface area (Å²) in [6, 6.07) is 1.29. The van der Waals surface area contributed by atoms with Gasteiger partial charge in [0.25, 0.3) is 0 Å². The van der Waals surface area contributed by atoms with E-state index in [9.17, 15) is 9.59 Å². The lowest BCUT2D eigenvalue weighted by atomic mass is 10.2. The van der Waals surface area contributed by atoms with Gasteiger partial charge in [-0.15, -0.1) is 0 Å². The van der Waals surface area contributed by atoms with Gasteiger partial charge in [0, 0.05) is 6.20 Å².